The predicted molar refractivity (Wildman–Crippen MR) is 138 cm³/mol. The van der Waals surface area contributed by atoms with Crippen molar-refractivity contribution in [3.8, 4) is 11.4 Å². The molecule has 0 fully saturated rings. The number of likely N-dealkylation sites (N-methyl/N-ethyl adjacent to an activating group) is 1. The Bertz CT molecular complexity index is 1220. The molecule has 9 nitrogen and oxygen atoms in total. The minimum atomic E-state index is -0.549. The number of aryl methyl sites for hydroxylation is 1. The number of anilines is 1. The maximum Gasteiger partial charge on any atom is 0.256 e. The first-order valence-electron chi connectivity index (χ1n) is 12.6. The largest absolute Gasteiger partial charge is 0.355 e. The van der Waals surface area contributed by atoms with Crippen molar-refractivity contribution in [1.29, 1.82) is 0 Å². The van der Waals surface area contributed by atoms with E-state index in [-0.39, 0.29) is 30.6 Å². The van der Waals surface area contributed by atoms with Crippen LogP contribution in [0.5, 0.6) is 0 Å². The number of aromatic nitrogens is 2. The molecule has 0 atom stereocenters. The molecule has 2 amide bonds. The highest BCUT2D eigenvalue weighted by Crippen LogP contribution is 2.27. The van der Waals surface area contributed by atoms with E-state index in [0.717, 1.165) is 19.3 Å². The quantitative estimate of drug-likeness (QED) is 0.395. The fourth-order valence-corrected chi connectivity index (χ4v) is 4.32. The van der Waals surface area contributed by atoms with Crippen molar-refractivity contribution < 1.29 is 18.5 Å². The van der Waals surface area contributed by atoms with E-state index >= 15 is 4.39 Å². The van der Waals surface area contributed by atoms with Crippen LogP contribution in [0, 0.1) is 12.7 Å². The number of unbranched alkanes of at least 4 members (excludes halogenated alkanes) is 2. The van der Waals surface area contributed by atoms with Crippen molar-refractivity contribution >= 4 is 17.5 Å². The van der Waals surface area contributed by atoms with Crippen LogP contribution in [0.1, 0.15) is 43.2 Å². The predicted octanol–water partition coefficient (Wildman–Crippen LogP) is 3.69. The molecule has 2 aromatic carbocycles. The van der Waals surface area contributed by atoms with Gasteiger partial charge in [-0.25, -0.2) is 9.40 Å². The Kier molecular flexibility index (Phi) is 8.50. The lowest BCUT2D eigenvalue weighted by Gasteiger charge is -2.31. The number of fused-ring (bicyclic) bond motifs is 1. The lowest BCUT2D eigenvalue weighted by molar-refractivity contribution is -0.145. The molecular weight excluding hydrogens is 475 g/mol. The summed E-state index contributed by atoms with van der Waals surface area (Å²) in [5.41, 5.74) is 2.98. The molecule has 3 aromatic rings. The normalized spacial score (nSPS) is 12.9. The summed E-state index contributed by atoms with van der Waals surface area (Å²) in [5.74, 6) is -0.396. The fraction of sp³-hybridized carbons (Fsp3) is 0.407. The molecule has 0 aliphatic carbocycles. The minimum absolute atomic E-state index is 0.120. The van der Waals surface area contributed by atoms with Crippen LogP contribution in [0.2, 0.25) is 0 Å². The van der Waals surface area contributed by atoms with Crippen LogP contribution in [0.25, 0.3) is 11.4 Å². The summed E-state index contributed by atoms with van der Waals surface area (Å²) in [6.45, 7) is 5.15. The molecule has 1 aromatic heterocycles. The minimum Gasteiger partial charge on any atom is -0.355 e. The molecule has 1 aliphatic rings. The standard InChI is InChI=1S/C27H33FN6O3/c1-4-5-8-13-29-25(35)17-33(24-14-20(11-12-23(24)28)27-30-19(2)37-31-27)18-26(36)32(3)34-15-21-9-6-7-10-22(21)16-34/h6-7,9-12,14H,4-5,8,13,15-18H2,1-3H3,(H,29,35). The van der Waals surface area contributed by atoms with Gasteiger partial charge in [-0.15, -0.1) is 0 Å². The lowest BCUT2D eigenvalue weighted by Crippen LogP contribution is -2.48. The molecule has 0 radical (unpaired) electrons. The second-order valence-corrected chi connectivity index (χ2v) is 9.23. The number of hydrogen-bond donors (Lipinski definition) is 1. The summed E-state index contributed by atoms with van der Waals surface area (Å²) in [6.07, 6.45) is 2.91. The number of nitrogens with zero attached hydrogens (tertiary/aromatic N) is 5. The maximum atomic E-state index is 15.1. The van der Waals surface area contributed by atoms with Crippen molar-refractivity contribution in [3.05, 3.63) is 65.3 Å². The van der Waals surface area contributed by atoms with Gasteiger partial charge in [0.05, 0.1) is 18.8 Å². The first-order valence-corrected chi connectivity index (χ1v) is 12.6. The van der Waals surface area contributed by atoms with Gasteiger partial charge in [0.2, 0.25) is 17.6 Å². The van der Waals surface area contributed by atoms with E-state index in [4.69, 9.17) is 4.52 Å². The van der Waals surface area contributed by atoms with Gasteiger partial charge in [-0.05, 0) is 35.7 Å². The third-order valence-electron chi connectivity index (χ3n) is 6.44. The van der Waals surface area contributed by atoms with Crippen molar-refractivity contribution in [2.45, 2.75) is 46.2 Å². The zero-order chi connectivity index (χ0) is 26.4. The number of nitrogens with one attached hydrogen (secondary N) is 1. The Morgan fingerprint density at radius 2 is 1.84 bits per heavy atom. The smallest absolute Gasteiger partial charge is 0.256 e. The molecule has 1 aliphatic heterocycles. The molecular formula is C27H33FN6O3. The summed E-state index contributed by atoms with van der Waals surface area (Å²) in [6, 6.07) is 12.4. The second kappa shape index (κ2) is 12.0. The third kappa shape index (κ3) is 6.51. The average molecular weight is 509 g/mol. The van der Waals surface area contributed by atoms with E-state index in [1.54, 1.807) is 31.1 Å². The molecule has 2 heterocycles. The Labute approximate surface area is 216 Å². The number of carbonyl (C=O) groups excluding carboxylic acids is 2. The highest BCUT2D eigenvalue weighted by Gasteiger charge is 2.27. The van der Waals surface area contributed by atoms with Gasteiger partial charge in [-0.3, -0.25) is 14.6 Å². The number of hydrazine groups is 1. The van der Waals surface area contributed by atoms with E-state index in [1.165, 1.54) is 22.1 Å². The molecule has 0 saturated heterocycles. The average Bonchev–Trinajstić information content (AvgIpc) is 3.52. The van der Waals surface area contributed by atoms with Crippen molar-refractivity contribution in [3.63, 3.8) is 0 Å². The van der Waals surface area contributed by atoms with Crippen LogP contribution < -0.4 is 10.2 Å². The van der Waals surface area contributed by atoms with Crippen molar-refractivity contribution in [1.82, 2.24) is 25.5 Å². The van der Waals surface area contributed by atoms with Crippen LogP contribution in [0.3, 0.4) is 0 Å². The Morgan fingerprint density at radius 1 is 1.11 bits per heavy atom. The zero-order valence-electron chi connectivity index (χ0n) is 21.5. The van der Waals surface area contributed by atoms with Crippen LogP contribution >= 0.6 is 0 Å². The van der Waals surface area contributed by atoms with E-state index < -0.39 is 5.82 Å². The monoisotopic (exact) mass is 508 g/mol. The van der Waals surface area contributed by atoms with E-state index in [9.17, 15) is 9.59 Å². The van der Waals surface area contributed by atoms with Crippen molar-refractivity contribution in [2.24, 2.45) is 0 Å². The molecule has 0 unspecified atom stereocenters. The van der Waals surface area contributed by atoms with Gasteiger partial charge in [0.1, 0.15) is 5.82 Å². The van der Waals surface area contributed by atoms with Gasteiger partial charge in [0.15, 0.2) is 0 Å². The fourth-order valence-electron chi connectivity index (χ4n) is 4.32. The molecule has 196 valence electrons. The first-order chi connectivity index (χ1) is 17.9. The van der Waals surface area contributed by atoms with Crippen molar-refractivity contribution in [2.75, 3.05) is 31.6 Å². The van der Waals surface area contributed by atoms with E-state index in [1.807, 2.05) is 29.3 Å². The number of rotatable bonds is 11. The van der Waals surface area contributed by atoms with Gasteiger partial charge < -0.3 is 14.7 Å². The third-order valence-corrected chi connectivity index (χ3v) is 6.44. The van der Waals surface area contributed by atoms with Gasteiger partial charge in [0, 0.05) is 39.2 Å². The summed E-state index contributed by atoms with van der Waals surface area (Å²) >= 11 is 0. The van der Waals surface area contributed by atoms with Crippen LogP contribution in [-0.2, 0) is 22.7 Å². The molecule has 1 N–H and O–H groups in total. The maximum absolute atomic E-state index is 15.1. The lowest BCUT2D eigenvalue weighted by atomic mass is 10.1. The molecule has 4 rings (SSSR count). The Hall–Kier alpha value is -3.79. The molecule has 0 saturated carbocycles. The number of carbonyl (C=O) groups is 2. The Balaban J connectivity index is 1.53. The number of benzene rings is 2. The summed E-state index contributed by atoms with van der Waals surface area (Å²) in [7, 11) is 1.70. The van der Waals surface area contributed by atoms with Gasteiger partial charge >= 0.3 is 0 Å². The van der Waals surface area contributed by atoms with Gasteiger partial charge in [0.25, 0.3) is 5.91 Å². The SMILES string of the molecule is CCCCCNC(=O)CN(CC(=O)N(C)N1Cc2ccccc2C1)c1cc(-c2noc(C)n2)ccc1F. The summed E-state index contributed by atoms with van der Waals surface area (Å²) in [5, 5.41) is 10.3. The van der Waals surface area contributed by atoms with Crippen LogP contribution in [-0.4, -0.2) is 58.7 Å². The van der Waals surface area contributed by atoms with Crippen LogP contribution in [0.15, 0.2) is 47.0 Å². The van der Waals surface area contributed by atoms with E-state index in [0.29, 0.717) is 36.9 Å². The van der Waals surface area contributed by atoms with Crippen LogP contribution in [0.4, 0.5) is 10.1 Å². The number of halogens is 1. The second-order valence-electron chi connectivity index (χ2n) is 9.23. The molecule has 0 spiro atoms. The highest BCUT2D eigenvalue weighted by molar-refractivity contribution is 5.86. The summed E-state index contributed by atoms with van der Waals surface area (Å²) in [4.78, 5) is 31.8. The topological polar surface area (TPSA) is 94.8 Å². The number of hydrogen-bond acceptors (Lipinski definition) is 7. The molecule has 37 heavy (non-hydrogen) atoms. The molecule has 10 heteroatoms. The van der Waals surface area contributed by atoms with Gasteiger partial charge in [-0.1, -0.05) is 49.2 Å². The summed E-state index contributed by atoms with van der Waals surface area (Å²) < 4.78 is 20.2. The van der Waals surface area contributed by atoms with E-state index in [2.05, 4.69) is 22.4 Å². The highest BCUT2D eigenvalue weighted by atomic mass is 19.1. The first kappa shape index (κ1) is 26.3. The van der Waals surface area contributed by atoms with Gasteiger partial charge in [-0.2, -0.15) is 4.98 Å². The molecule has 0 bridgehead atoms. The number of amides is 2. The zero-order valence-corrected chi connectivity index (χ0v) is 21.5. The Morgan fingerprint density at radius 3 is 2.49 bits per heavy atom.